The Morgan fingerprint density at radius 3 is 2.50 bits per heavy atom. The van der Waals surface area contributed by atoms with Crippen LogP contribution in [0.15, 0.2) is 0 Å². The molecule has 0 aromatic carbocycles. The largest absolute Gasteiger partial charge is 0.393 e. The topological polar surface area (TPSA) is 35.5 Å². The van der Waals surface area contributed by atoms with Crippen molar-refractivity contribution in [2.45, 2.75) is 45.6 Å². The number of rotatable bonds is 6. The van der Waals surface area contributed by atoms with Gasteiger partial charge in [-0.15, -0.1) is 0 Å². The van der Waals surface area contributed by atoms with Crippen molar-refractivity contribution >= 4 is 0 Å². The minimum absolute atomic E-state index is 0.0260. The third kappa shape index (κ3) is 2.73. The Morgan fingerprint density at radius 2 is 1.94 bits per heavy atom. The summed E-state index contributed by atoms with van der Waals surface area (Å²) in [5.74, 6) is 1.33. The van der Waals surface area contributed by atoms with Crippen LogP contribution >= 0.6 is 0 Å². The summed E-state index contributed by atoms with van der Waals surface area (Å²) < 4.78 is 0. The van der Waals surface area contributed by atoms with Crippen molar-refractivity contribution in [1.82, 2.24) is 10.2 Å². The van der Waals surface area contributed by atoms with E-state index in [2.05, 4.69) is 31.1 Å². The van der Waals surface area contributed by atoms with Gasteiger partial charge in [0.05, 0.1) is 6.10 Å². The summed E-state index contributed by atoms with van der Waals surface area (Å²) in [6, 6.07) is 0. The minimum atomic E-state index is -0.0260. The van der Waals surface area contributed by atoms with E-state index in [9.17, 15) is 5.11 Å². The molecule has 1 aliphatic heterocycles. The van der Waals surface area contributed by atoms with Crippen LogP contribution in [0, 0.1) is 17.3 Å². The molecule has 106 valence electrons. The molecule has 0 spiro atoms. The number of aliphatic hydroxyl groups is 1. The molecule has 1 saturated carbocycles. The number of hydrogen-bond donors (Lipinski definition) is 2. The number of fused-ring (bicyclic) bond motifs is 1. The Bertz CT molecular complexity index is 265. The van der Waals surface area contributed by atoms with Crippen LogP contribution in [-0.2, 0) is 0 Å². The van der Waals surface area contributed by atoms with Crippen molar-refractivity contribution in [3.8, 4) is 0 Å². The highest BCUT2D eigenvalue weighted by Gasteiger charge is 2.43. The first-order valence-electron chi connectivity index (χ1n) is 7.69. The van der Waals surface area contributed by atoms with Gasteiger partial charge in [-0.1, -0.05) is 13.8 Å². The first-order valence-corrected chi connectivity index (χ1v) is 7.69. The van der Waals surface area contributed by atoms with Gasteiger partial charge < -0.3 is 15.3 Å². The predicted molar refractivity (Wildman–Crippen MR) is 75.6 cm³/mol. The molecule has 1 aliphatic carbocycles. The normalized spacial score (nSPS) is 33.0. The summed E-state index contributed by atoms with van der Waals surface area (Å²) in [6.45, 7) is 9.26. The zero-order valence-corrected chi connectivity index (χ0v) is 12.3. The lowest BCUT2D eigenvalue weighted by atomic mass is 9.81. The predicted octanol–water partition coefficient (Wildman–Crippen LogP) is 1.71. The van der Waals surface area contributed by atoms with E-state index in [1.54, 1.807) is 0 Å². The number of nitrogens with one attached hydrogen (secondary N) is 1. The first-order chi connectivity index (χ1) is 8.64. The number of aliphatic hydroxyl groups excluding tert-OH is 1. The molecule has 18 heavy (non-hydrogen) atoms. The molecule has 2 fully saturated rings. The fraction of sp³-hybridized carbons (Fsp3) is 1.00. The lowest BCUT2D eigenvalue weighted by molar-refractivity contribution is 0.109. The van der Waals surface area contributed by atoms with Crippen LogP contribution in [-0.4, -0.2) is 49.3 Å². The van der Waals surface area contributed by atoms with Crippen LogP contribution in [0.25, 0.3) is 0 Å². The van der Waals surface area contributed by atoms with Gasteiger partial charge in [0.15, 0.2) is 0 Å². The maximum atomic E-state index is 9.99. The average molecular weight is 254 g/mol. The highest BCUT2D eigenvalue weighted by molar-refractivity contribution is 4.95. The molecule has 1 saturated heterocycles. The van der Waals surface area contributed by atoms with Crippen molar-refractivity contribution in [2.75, 3.05) is 33.2 Å². The second kappa shape index (κ2) is 5.89. The zero-order chi connectivity index (χ0) is 13.2. The smallest absolute Gasteiger partial charge is 0.0583 e. The molecule has 0 aromatic rings. The minimum Gasteiger partial charge on any atom is -0.393 e. The maximum Gasteiger partial charge on any atom is 0.0583 e. The fourth-order valence-corrected chi connectivity index (χ4v) is 4.09. The monoisotopic (exact) mass is 254 g/mol. The number of likely N-dealkylation sites (tertiary alicyclic amines) is 1. The molecule has 0 bridgehead atoms. The van der Waals surface area contributed by atoms with E-state index in [0.29, 0.717) is 11.3 Å². The van der Waals surface area contributed by atoms with Crippen LogP contribution in [0.3, 0.4) is 0 Å². The molecule has 2 rings (SSSR count). The maximum absolute atomic E-state index is 9.99. The molecular formula is C15H30N2O. The van der Waals surface area contributed by atoms with E-state index in [1.165, 1.54) is 32.4 Å². The number of nitrogens with zero attached hydrogens (tertiary/aromatic N) is 1. The molecule has 3 nitrogen and oxygen atoms in total. The van der Waals surface area contributed by atoms with E-state index < -0.39 is 0 Å². The third-order valence-electron chi connectivity index (χ3n) is 5.51. The molecule has 3 unspecified atom stereocenters. The van der Waals surface area contributed by atoms with Gasteiger partial charge in [0.25, 0.3) is 0 Å². The van der Waals surface area contributed by atoms with Crippen molar-refractivity contribution in [3.63, 3.8) is 0 Å². The standard InChI is InChI=1S/C15H30N2O/c1-4-15(5-2,10-16-3)11-17-8-12-6-7-14(18)13(12)9-17/h12-14,16,18H,4-11H2,1-3H3. The molecule has 0 aromatic heterocycles. The zero-order valence-electron chi connectivity index (χ0n) is 12.3. The van der Waals surface area contributed by atoms with Gasteiger partial charge in [-0.3, -0.25) is 0 Å². The molecule has 3 heteroatoms. The molecule has 2 N–H and O–H groups in total. The number of hydrogen-bond acceptors (Lipinski definition) is 3. The van der Waals surface area contributed by atoms with Crippen molar-refractivity contribution in [2.24, 2.45) is 17.3 Å². The summed E-state index contributed by atoms with van der Waals surface area (Å²) in [4.78, 5) is 2.61. The summed E-state index contributed by atoms with van der Waals surface area (Å²) in [5.41, 5.74) is 0.415. The quantitative estimate of drug-likeness (QED) is 0.757. The molecule has 0 amide bonds. The highest BCUT2D eigenvalue weighted by Crippen LogP contribution is 2.39. The SMILES string of the molecule is CCC(CC)(CNC)CN1CC2CCC(O)C2C1. The van der Waals surface area contributed by atoms with E-state index in [-0.39, 0.29) is 6.10 Å². The summed E-state index contributed by atoms with van der Waals surface area (Å²) in [6.07, 6.45) is 4.71. The van der Waals surface area contributed by atoms with Crippen molar-refractivity contribution in [3.05, 3.63) is 0 Å². The summed E-state index contributed by atoms with van der Waals surface area (Å²) in [7, 11) is 2.06. The Labute approximate surface area is 112 Å². The molecule has 3 atom stereocenters. The third-order valence-corrected chi connectivity index (χ3v) is 5.51. The van der Waals surface area contributed by atoms with Crippen LogP contribution in [0.2, 0.25) is 0 Å². The molecular weight excluding hydrogens is 224 g/mol. The molecule has 0 radical (unpaired) electrons. The van der Waals surface area contributed by atoms with Crippen LogP contribution < -0.4 is 5.32 Å². The van der Waals surface area contributed by atoms with Gasteiger partial charge in [-0.05, 0) is 44.1 Å². The van der Waals surface area contributed by atoms with E-state index in [0.717, 1.165) is 25.4 Å². The fourth-order valence-electron chi connectivity index (χ4n) is 4.09. The lowest BCUT2D eigenvalue weighted by Gasteiger charge is -2.36. The van der Waals surface area contributed by atoms with Crippen LogP contribution in [0.1, 0.15) is 39.5 Å². The van der Waals surface area contributed by atoms with E-state index in [1.807, 2.05) is 0 Å². The van der Waals surface area contributed by atoms with Gasteiger partial charge in [-0.2, -0.15) is 0 Å². The van der Waals surface area contributed by atoms with E-state index in [4.69, 9.17) is 0 Å². The first kappa shape index (κ1) is 14.3. The van der Waals surface area contributed by atoms with Crippen LogP contribution in [0.5, 0.6) is 0 Å². The Hall–Kier alpha value is -0.120. The molecule has 1 heterocycles. The second-order valence-electron chi connectivity index (χ2n) is 6.50. The summed E-state index contributed by atoms with van der Waals surface area (Å²) >= 11 is 0. The van der Waals surface area contributed by atoms with Gasteiger partial charge in [0.2, 0.25) is 0 Å². The second-order valence-corrected chi connectivity index (χ2v) is 6.50. The highest BCUT2D eigenvalue weighted by atomic mass is 16.3. The van der Waals surface area contributed by atoms with Gasteiger partial charge in [0.1, 0.15) is 0 Å². The summed E-state index contributed by atoms with van der Waals surface area (Å²) in [5, 5.41) is 13.4. The Balaban J connectivity index is 1.93. The van der Waals surface area contributed by atoms with Crippen molar-refractivity contribution < 1.29 is 5.11 Å². The van der Waals surface area contributed by atoms with Gasteiger partial charge in [-0.25, -0.2) is 0 Å². The van der Waals surface area contributed by atoms with Gasteiger partial charge in [0, 0.05) is 32.1 Å². The van der Waals surface area contributed by atoms with Crippen molar-refractivity contribution in [1.29, 1.82) is 0 Å². The Kier molecular flexibility index (Phi) is 4.68. The lowest BCUT2D eigenvalue weighted by Crippen LogP contribution is -2.42. The Morgan fingerprint density at radius 1 is 1.22 bits per heavy atom. The average Bonchev–Trinajstić information content (AvgIpc) is 2.91. The molecule has 2 aliphatic rings. The van der Waals surface area contributed by atoms with Crippen LogP contribution in [0.4, 0.5) is 0 Å². The van der Waals surface area contributed by atoms with Gasteiger partial charge >= 0.3 is 0 Å². The van der Waals surface area contributed by atoms with E-state index >= 15 is 0 Å².